The van der Waals surface area contributed by atoms with Gasteiger partial charge in [0.25, 0.3) is 5.91 Å². The third-order valence-corrected chi connectivity index (χ3v) is 1.71. The summed E-state index contributed by atoms with van der Waals surface area (Å²) >= 11 is 0. The lowest BCUT2D eigenvalue weighted by Gasteiger charge is -2.18. The van der Waals surface area contributed by atoms with Gasteiger partial charge in [-0.3, -0.25) is 15.3 Å². The molecular formula is C10H16N4O4. The Labute approximate surface area is 104 Å². The molecule has 0 fully saturated rings. The van der Waals surface area contributed by atoms with Gasteiger partial charge in [-0.05, 0) is 20.8 Å². The lowest BCUT2D eigenvalue weighted by Crippen LogP contribution is -2.27. The minimum Gasteiger partial charge on any atom is -0.444 e. The fraction of sp³-hybridized carbons (Fsp3) is 0.500. The first-order valence-electron chi connectivity index (χ1n) is 5.25. The SMILES string of the molecule is CC(C)(C)OC(=O)Nc1cn(CC(=O)NO)cn1. The molecule has 0 radical (unpaired) electrons. The number of nitrogens with zero attached hydrogens (tertiary/aromatic N) is 2. The second-order valence-electron chi connectivity index (χ2n) is 4.59. The Morgan fingerprint density at radius 2 is 2.17 bits per heavy atom. The van der Waals surface area contributed by atoms with Crippen molar-refractivity contribution in [2.24, 2.45) is 0 Å². The van der Waals surface area contributed by atoms with E-state index in [-0.39, 0.29) is 12.4 Å². The monoisotopic (exact) mass is 256 g/mol. The highest BCUT2D eigenvalue weighted by Gasteiger charge is 2.16. The molecule has 0 saturated carbocycles. The molecule has 8 heteroatoms. The van der Waals surface area contributed by atoms with E-state index < -0.39 is 17.6 Å². The predicted molar refractivity (Wildman–Crippen MR) is 62.0 cm³/mol. The van der Waals surface area contributed by atoms with Crippen LogP contribution in [0.4, 0.5) is 10.6 Å². The van der Waals surface area contributed by atoms with Gasteiger partial charge in [-0.1, -0.05) is 0 Å². The summed E-state index contributed by atoms with van der Waals surface area (Å²) in [5, 5.41) is 10.8. The Hall–Kier alpha value is -2.09. The van der Waals surface area contributed by atoms with Gasteiger partial charge < -0.3 is 9.30 Å². The quantitative estimate of drug-likeness (QED) is 0.546. The Balaban J connectivity index is 2.54. The molecule has 100 valence electrons. The summed E-state index contributed by atoms with van der Waals surface area (Å²) < 4.78 is 6.44. The summed E-state index contributed by atoms with van der Waals surface area (Å²) in [6, 6.07) is 0. The van der Waals surface area contributed by atoms with E-state index in [0.717, 1.165) is 0 Å². The van der Waals surface area contributed by atoms with Gasteiger partial charge in [-0.2, -0.15) is 0 Å². The number of amides is 2. The Morgan fingerprint density at radius 1 is 1.50 bits per heavy atom. The van der Waals surface area contributed by atoms with Crippen molar-refractivity contribution in [1.82, 2.24) is 15.0 Å². The predicted octanol–water partition coefficient (Wildman–Crippen LogP) is 0.735. The van der Waals surface area contributed by atoms with Gasteiger partial charge in [-0.25, -0.2) is 15.3 Å². The van der Waals surface area contributed by atoms with Crippen molar-refractivity contribution >= 4 is 17.8 Å². The van der Waals surface area contributed by atoms with E-state index in [1.807, 2.05) is 0 Å². The molecule has 0 spiro atoms. The van der Waals surface area contributed by atoms with Gasteiger partial charge in [0.15, 0.2) is 5.82 Å². The van der Waals surface area contributed by atoms with Gasteiger partial charge in [0.1, 0.15) is 12.1 Å². The molecule has 3 N–H and O–H groups in total. The van der Waals surface area contributed by atoms with Crippen molar-refractivity contribution in [3.63, 3.8) is 0 Å². The van der Waals surface area contributed by atoms with Crippen LogP contribution in [0.2, 0.25) is 0 Å². The minimum absolute atomic E-state index is 0.0977. The number of anilines is 1. The van der Waals surface area contributed by atoms with Crippen molar-refractivity contribution in [3.05, 3.63) is 12.5 Å². The van der Waals surface area contributed by atoms with Crippen molar-refractivity contribution in [2.75, 3.05) is 5.32 Å². The van der Waals surface area contributed by atoms with E-state index in [4.69, 9.17) is 9.94 Å². The Morgan fingerprint density at radius 3 is 2.72 bits per heavy atom. The zero-order valence-corrected chi connectivity index (χ0v) is 10.4. The summed E-state index contributed by atoms with van der Waals surface area (Å²) in [4.78, 5) is 26.2. The molecule has 0 bridgehead atoms. The van der Waals surface area contributed by atoms with E-state index in [9.17, 15) is 9.59 Å². The van der Waals surface area contributed by atoms with Crippen LogP contribution in [0.15, 0.2) is 12.5 Å². The molecule has 2 amide bonds. The van der Waals surface area contributed by atoms with Gasteiger partial charge in [-0.15, -0.1) is 0 Å². The van der Waals surface area contributed by atoms with Crippen LogP contribution in [0.3, 0.4) is 0 Å². The number of carbonyl (C=O) groups excluding carboxylic acids is 2. The van der Waals surface area contributed by atoms with Crippen LogP contribution in [0.25, 0.3) is 0 Å². The molecule has 0 aromatic carbocycles. The molecule has 8 nitrogen and oxygen atoms in total. The van der Waals surface area contributed by atoms with Crippen molar-refractivity contribution in [3.8, 4) is 0 Å². The smallest absolute Gasteiger partial charge is 0.413 e. The lowest BCUT2D eigenvalue weighted by atomic mass is 10.2. The van der Waals surface area contributed by atoms with E-state index in [2.05, 4.69) is 10.3 Å². The molecule has 0 unspecified atom stereocenters. The number of hydrogen-bond donors (Lipinski definition) is 3. The van der Waals surface area contributed by atoms with Gasteiger partial charge >= 0.3 is 6.09 Å². The number of hydroxylamine groups is 1. The Bertz CT molecular complexity index is 435. The maximum atomic E-state index is 11.4. The van der Waals surface area contributed by atoms with Crippen LogP contribution in [0.5, 0.6) is 0 Å². The molecule has 1 heterocycles. The van der Waals surface area contributed by atoms with Gasteiger partial charge in [0.2, 0.25) is 0 Å². The molecule has 1 aromatic rings. The third kappa shape index (κ3) is 4.83. The normalized spacial score (nSPS) is 10.9. The molecule has 0 aliphatic heterocycles. The first kappa shape index (κ1) is 14.0. The second-order valence-corrected chi connectivity index (χ2v) is 4.59. The molecule has 0 aliphatic rings. The highest BCUT2D eigenvalue weighted by molar-refractivity contribution is 5.83. The maximum absolute atomic E-state index is 11.4. The fourth-order valence-corrected chi connectivity index (χ4v) is 1.12. The van der Waals surface area contributed by atoms with Crippen molar-refractivity contribution in [2.45, 2.75) is 32.9 Å². The van der Waals surface area contributed by atoms with E-state index in [0.29, 0.717) is 0 Å². The fourth-order valence-electron chi connectivity index (χ4n) is 1.12. The zero-order chi connectivity index (χ0) is 13.8. The van der Waals surface area contributed by atoms with Gasteiger partial charge in [0, 0.05) is 6.20 Å². The number of nitrogens with one attached hydrogen (secondary N) is 2. The van der Waals surface area contributed by atoms with E-state index in [1.165, 1.54) is 22.6 Å². The summed E-state index contributed by atoms with van der Waals surface area (Å²) in [6.07, 6.45) is 2.17. The standard InChI is InChI=1S/C10H16N4O4/c1-10(2,3)18-9(16)12-7-4-14(6-11-7)5-8(15)13-17/h4,6,17H,5H2,1-3H3,(H,12,16)(H,13,15). The molecule has 1 aromatic heterocycles. The molecular weight excluding hydrogens is 240 g/mol. The van der Waals surface area contributed by atoms with E-state index in [1.54, 1.807) is 20.8 Å². The summed E-state index contributed by atoms with van der Waals surface area (Å²) in [7, 11) is 0. The highest BCUT2D eigenvalue weighted by Crippen LogP contribution is 2.09. The third-order valence-electron chi connectivity index (χ3n) is 1.71. The number of aromatic nitrogens is 2. The van der Waals surface area contributed by atoms with Crippen molar-refractivity contribution in [1.29, 1.82) is 0 Å². The number of carbonyl (C=O) groups is 2. The first-order chi connectivity index (χ1) is 8.30. The van der Waals surface area contributed by atoms with Crippen molar-refractivity contribution < 1.29 is 19.5 Å². The number of ether oxygens (including phenoxy) is 1. The molecule has 1 rings (SSSR count). The van der Waals surface area contributed by atoms with Gasteiger partial charge in [0.05, 0.1) is 6.33 Å². The molecule has 18 heavy (non-hydrogen) atoms. The maximum Gasteiger partial charge on any atom is 0.413 e. The average molecular weight is 256 g/mol. The van der Waals surface area contributed by atoms with E-state index >= 15 is 0 Å². The molecule has 0 saturated heterocycles. The second kappa shape index (κ2) is 5.50. The van der Waals surface area contributed by atoms with Crippen LogP contribution in [0.1, 0.15) is 20.8 Å². The molecule has 0 atom stereocenters. The van der Waals surface area contributed by atoms with Crippen LogP contribution >= 0.6 is 0 Å². The first-order valence-corrected chi connectivity index (χ1v) is 5.25. The minimum atomic E-state index is -0.626. The summed E-state index contributed by atoms with van der Waals surface area (Å²) in [5.41, 5.74) is 0.901. The zero-order valence-electron chi connectivity index (χ0n) is 10.4. The average Bonchev–Trinajstić information content (AvgIpc) is 2.62. The lowest BCUT2D eigenvalue weighted by molar-refractivity contribution is -0.129. The topological polar surface area (TPSA) is 105 Å². The summed E-state index contributed by atoms with van der Waals surface area (Å²) in [5.74, 6) is -0.328. The highest BCUT2D eigenvalue weighted by atomic mass is 16.6. The largest absolute Gasteiger partial charge is 0.444 e. The van der Waals surface area contributed by atoms with Crippen LogP contribution in [-0.4, -0.2) is 32.4 Å². The molecule has 0 aliphatic carbocycles. The van der Waals surface area contributed by atoms with Crippen LogP contribution in [0, 0.1) is 0 Å². The van der Waals surface area contributed by atoms with Crippen LogP contribution in [-0.2, 0) is 16.1 Å². The number of hydrogen-bond acceptors (Lipinski definition) is 5. The Kier molecular flexibility index (Phi) is 4.27. The number of rotatable bonds is 3. The number of imidazole rings is 1. The summed E-state index contributed by atoms with van der Waals surface area (Å²) in [6.45, 7) is 5.14. The van der Waals surface area contributed by atoms with Crippen LogP contribution < -0.4 is 10.8 Å².